The minimum absolute atomic E-state index is 0.717. The average molecular weight is 277 g/mol. The third kappa shape index (κ3) is 2.42. The molecule has 0 saturated carbocycles. The standard InChI is InChI=1S/C18H19N3/c1-3-21(14-7-4-6-13(2)12-14)17-10-9-16(19)18-15(17)8-5-11-20-18/h4-12H,3,19H2,1-2H3. The summed E-state index contributed by atoms with van der Waals surface area (Å²) in [5, 5.41) is 1.08. The van der Waals surface area contributed by atoms with Crippen molar-refractivity contribution in [2.45, 2.75) is 13.8 Å². The largest absolute Gasteiger partial charge is 0.397 e. The van der Waals surface area contributed by atoms with Gasteiger partial charge in [-0.2, -0.15) is 0 Å². The minimum Gasteiger partial charge on any atom is -0.397 e. The van der Waals surface area contributed by atoms with Crippen molar-refractivity contribution >= 4 is 28.0 Å². The summed E-state index contributed by atoms with van der Waals surface area (Å²) >= 11 is 0. The van der Waals surface area contributed by atoms with E-state index in [0.29, 0.717) is 0 Å². The zero-order chi connectivity index (χ0) is 14.8. The molecule has 0 spiro atoms. The summed E-state index contributed by atoms with van der Waals surface area (Å²) in [6, 6.07) is 16.6. The molecule has 0 unspecified atom stereocenters. The van der Waals surface area contributed by atoms with Crippen molar-refractivity contribution in [1.29, 1.82) is 0 Å². The molecule has 1 aromatic heterocycles. The summed E-state index contributed by atoms with van der Waals surface area (Å²) in [5.74, 6) is 0. The fraction of sp³-hybridized carbons (Fsp3) is 0.167. The van der Waals surface area contributed by atoms with E-state index in [-0.39, 0.29) is 0 Å². The van der Waals surface area contributed by atoms with E-state index < -0.39 is 0 Å². The highest BCUT2D eigenvalue weighted by Crippen LogP contribution is 2.34. The van der Waals surface area contributed by atoms with Gasteiger partial charge in [0.1, 0.15) is 0 Å². The zero-order valence-corrected chi connectivity index (χ0v) is 12.4. The van der Waals surface area contributed by atoms with Crippen LogP contribution in [0.15, 0.2) is 54.7 Å². The third-order valence-corrected chi connectivity index (χ3v) is 3.70. The van der Waals surface area contributed by atoms with Crippen LogP contribution in [0, 0.1) is 6.92 Å². The molecular weight excluding hydrogens is 258 g/mol. The lowest BCUT2D eigenvalue weighted by Crippen LogP contribution is -2.16. The molecule has 3 heteroatoms. The molecule has 0 radical (unpaired) electrons. The molecule has 0 aliphatic heterocycles. The van der Waals surface area contributed by atoms with Crippen LogP contribution < -0.4 is 10.6 Å². The van der Waals surface area contributed by atoms with Crippen molar-refractivity contribution in [3.63, 3.8) is 0 Å². The Morgan fingerprint density at radius 2 is 1.95 bits per heavy atom. The maximum Gasteiger partial charge on any atom is 0.0952 e. The van der Waals surface area contributed by atoms with Crippen LogP contribution in [-0.2, 0) is 0 Å². The van der Waals surface area contributed by atoms with Gasteiger partial charge in [0.2, 0.25) is 0 Å². The Balaban J connectivity index is 2.20. The van der Waals surface area contributed by atoms with Crippen LogP contribution in [0.4, 0.5) is 17.1 Å². The van der Waals surface area contributed by atoms with Crippen LogP contribution in [0.2, 0.25) is 0 Å². The van der Waals surface area contributed by atoms with Crippen molar-refractivity contribution in [1.82, 2.24) is 4.98 Å². The molecule has 3 rings (SSSR count). The van der Waals surface area contributed by atoms with Crippen molar-refractivity contribution < 1.29 is 0 Å². The molecule has 0 bridgehead atoms. The highest BCUT2D eigenvalue weighted by molar-refractivity contribution is 6.00. The van der Waals surface area contributed by atoms with E-state index in [4.69, 9.17) is 5.73 Å². The molecule has 2 aromatic carbocycles. The van der Waals surface area contributed by atoms with E-state index >= 15 is 0 Å². The fourth-order valence-electron chi connectivity index (χ4n) is 2.70. The lowest BCUT2D eigenvalue weighted by Gasteiger charge is -2.25. The Kier molecular flexibility index (Phi) is 3.48. The second-order valence-electron chi connectivity index (χ2n) is 5.16. The number of aryl methyl sites for hydroxylation is 1. The van der Waals surface area contributed by atoms with E-state index in [1.807, 2.05) is 12.1 Å². The van der Waals surface area contributed by atoms with Gasteiger partial charge in [0.25, 0.3) is 0 Å². The highest BCUT2D eigenvalue weighted by Gasteiger charge is 2.12. The second kappa shape index (κ2) is 5.44. The Hall–Kier alpha value is -2.55. The first-order valence-corrected chi connectivity index (χ1v) is 7.18. The number of fused-ring (bicyclic) bond motifs is 1. The Labute approximate surface area is 125 Å². The molecule has 0 atom stereocenters. The zero-order valence-electron chi connectivity index (χ0n) is 12.4. The van der Waals surface area contributed by atoms with Gasteiger partial charge >= 0.3 is 0 Å². The number of anilines is 3. The molecule has 0 fully saturated rings. The summed E-state index contributed by atoms with van der Waals surface area (Å²) < 4.78 is 0. The number of nitrogens with zero attached hydrogens (tertiary/aromatic N) is 2. The lowest BCUT2D eigenvalue weighted by molar-refractivity contribution is 1.03. The van der Waals surface area contributed by atoms with Crippen LogP contribution in [0.5, 0.6) is 0 Å². The predicted molar refractivity (Wildman–Crippen MR) is 90.0 cm³/mol. The first kappa shape index (κ1) is 13.4. The van der Waals surface area contributed by atoms with Gasteiger partial charge in [0.05, 0.1) is 16.9 Å². The Bertz CT molecular complexity index is 780. The van der Waals surface area contributed by atoms with Gasteiger partial charge < -0.3 is 10.6 Å². The SMILES string of the molecule is CCN(c1cccc(C)c1)c1ccc(N)c2ncccc12. The molecule has 0 aliphatic carbocycles. The molecule has 1 heterocycles. The first-order chi connectivity index (χ1) is 10.2. The topological polar surface area (TPSA) is 42.1 Å². The quantitative estimate of drug-likeness (QED) is 0.726. The van der Waals surface area contributed by atoms with E-state index in [9.17, 15) is 0 Å². The van der Waals surface area contributed by atoms with Crippen molar-refractivity contribution in [2.24, 2.45) is 0 Å². The number of rotatable bonds is 3. The third-order valence-electron chi connectivity index (χ3n) is 3.70. The molecule has 3 nitrogen and oxygen atoms in total. The molecule has 0 amide bonds. The summed E-state index contributed by atoms with van der Waals surface area (Å²) in [6.45, 7) is 5.15. The second-order valence-corrected chi connectivity index (χ2v) is 5.16. The number of benzene rings is 2. The first-order valence-electron chi connectivity index (χ1n) is 7.18. The van der Waals surface area contributed by atoms with Crippen LogP contribution >= 0.6 is 0 Å². The summed E-state index contributed by atoms with van der Waals surface area (Å²) in [4.78, 5) is 6.71. The Morgan fingerprint density at radius 1 is 1.10 bits per heavy atom. The van der Waals surface area contributed by atoms with Crippen LogP contribution in [0.3, 0.4) is 0 Å². The summed E-state index contributed by atoms with van der Waals surface area (Å²) in [6.07, 6.45) is 1.78. The van der Waals surface area contributed by atoms with Crippen LogP contribution in [0.25, 0.3) is 10.9 Å². The van der Waals surface area contributed by atoms with Gasteiger partial charge in [-0.05, 0) is 55.8 Å². The predicted octanol–water partition coefficient (Wildman–Crippen LogP) is 4.28. The minimum atomic E-state index is 0.717. The van der Waals surface area contributed by atoms with Gasteiger partial charge in [-0.15, -0.1) is 0 Å². The van der Waals surface area contributed by atoms with Gasteiger partial charge in [0, 0.05) is 23.8 Å². The maximum absolute atomic E-state index is 6.05. The van der Waals surface area contributed by atoms with Gasteiger partial charge in [-0.3, -0.25) is 4.98 Å². The molecule has 2 N–H and O–H groups in total. The van der Waals surface area contributed by atoms with Crippen molar-refractivity contribution in [3.8, 4) is 0 Å². The van der Waals surface area contributed by atoms with E-state index in [0.717, 1.165) is 28.8 Å². The number of pyridine rings is 1. The summed E-state index contributed by atoms with van der Waals surface area (Å²) in [5.41, 5.74) is 11.2. The molecule has 0 aliphatic rings. The van der Waals surface area contributed by atoms with Crippen LogP contribution in [-0.4, -0.2) is 11.5 Å². The number of hydrogen-bond acceptors (Lipinski definition) is 3. The molecule has 0 saturated heterocycles. The van der Waals surface area contributed by atoms with Gasteiger partial charge in [0.15, 0.2) is 0 Å². The van der Waals surface area contributed by atoms with Crippen molar-refractivity contribution in [2.75, 3.05) is 17.2 Å². The van der Waals surface area contributed by atoms with E-state index in [1.165, 1.54) is 11.3 Å². The molecule has 21 heavy (non-hydrogen) atoms. The van der Waals surface area contributed by atoms with Gasteiger partial charge in [-0.25, -0.2) is 0 Å². The molecule has 106 valence electrons. The smallest absolute Gasteiger partial charge is 0.0952 e. The number of nitrogens with two attached hydrogens (primary N) is 1. The van der Waals surface area contributed by atoms with E-state index in [2.05, 4.69) is 60.1 Å². The number of hydrogen-bond donors (Lipinski definition) is 1. The normalized spacial score (nSPS) is 10.8. The highest BCUT2D eigenvalue weighted by atomic mass is 15.1. The van der Waals surface area contributed by atoms with Gasteiger partial charge in [-0.1, -0.05) is 12.1 Å². The van der Waals surface area contributed by atoms with Crippen LogP contribution in [0.1, 0.15) is 12.5 Å². The summed E-state index contributed by atoms with van der Waals surface area (Å²) in [7, 11) is 0. The fourth-order valence-corrected chi connectivity index (χ4v) is 2.70. The lowest BCUT2D eigenvalue weighted by atomic mass is 10.1. The average Bonchev–Trinajstić information content (AvgIpc) is 2.51. The monoisotopic (exact) mass is 277 g/mol. The molecular formula is C18H19N3. The maximum atomic E-state index is 6.05. The Morgan fingerprint density at radius 3 is 2.71 bits per heavy atom. The van der Waals surface area contributed by atoms with Crippen molar-refractivity contribution in [3.05, 3.63) is 60.3 Å². The number of nitrogen functional groups attached to an aromatic ring is 1. The molecule has 3 aromatic rings. The van der Waals surface area contributed by atoms with E-state index in [1.54, 1.807) is 6.20 Å². The number of aromatic nitrogens is 1.